The van der Waals surface area contributed by atoms with Crippen LogP contribution in [-0.4, -0.2) is 29.1 Å². The number of rotatable bonds is 3. The summed E-state index contributed by atoms with van der Waals surface area (Å²) in [5.41, 5.74) is 2.14. The highest BCUT2D eigenvalue weighted by atomic mass is 32.2. The molecule has 2 rings (SSSR count). The van der Waals surface area contributed by atoms with Crippen LogP contribution < -0.4 is 10.5 Å². The van der Waals surface area contributed by atoms with E-state index in [1.54, 1.807) is 20.9 Å². The van der Waals surface area contributed by atoms with E-state index >= 15 is 0 Å². The summed E-state index contributed by atoms with van der Waals surface area (Å²) >= 11 is 0. The van der Waals surface area contributed by atoms with Crippen molar-refractivity contribution in [3.05, 3.63) is 29.3 Å². The molecule has 20 heavy (non-hydrogen) atoms. The number of carbonyl (C=O) groups excluding carboxylic acids is 1. The van der Waals surface area contributed by atoms with Crippen LogP contribution in [-0.2, 0) is 17.1 Å². The maximum atomic E-state index is 12.2. The lowest BCUT2D eigenvalue weighted by Gasteiger charge is -2.05. The molecule has 0 aliphatic heterocycles. The number of sulfonamides is 1. The Labute approximate surface area is 116 Å². The summed E-state index contributed by atoms with van der Waals surface area (Å²) in [5, 5.41) is 14.4. The van der Waals surface area contributed by atoms with Gasteiger partial charge in [-0.05, 0) is 19.9 Å². The van der Waals surface area contributed by atoms with E-state index in [2.05, 4.69) is 15.5 Å². The van der Waals surface area contributed by atoms with Crippen LogP contribution in [0.25, 0.3) is 0 Å². The molecule has 108 valence electrons. The minimum absolute atomic E-state index is 0.106. The van der Waals surface area contributed by atoms with E-state index in [0.29, 0.717) is 11.4 Å². The van der Waals surface area contributed by atoms with E-state index in [-0.39, 0.29) is 10.6 Å². The second kappa shape index (κ2) is 4.76. The van der Waals surface area contributed by atoms with Crippen molar-refractivity contribution in [2.45, 2.75) is 18.7 Å². The molecule has 0 spiro atoms. The zero-order valence-electron chi connectivity index (χ0n) is 11.3. The third-order valence-electron chi connectivity index (χ3n) is 2.91. The second-order valence-electron chi connectivity index (χ2n) is 4.48. The van der Waals surface area contributed by atoms with Gasteiger partial charge < -0.3 is 9.88 Å². The summed E-state index contributed by atoms with van der Waals surface area (Å²) in [5.74, 6) is -0.435. The Kier molecular flexibility index (Phi) is 3.40. The fourth-order valence-electron chi connectivity index (χ4n) is 1.83. The number of aryl methyl sites for hydroxylation is 3. The van der Waals surface area contributed by atoms with Gasteiger partial charge >= 0.3 is 0 Å². The first-order valence-electron chi connectivity index (χ1n) is 5.72. The van der Waals surface area contributed by atoms with Crippen LogP contribution >= 0.6 is 0 Å². The molecule has 2 aromatic rings. The normalized spacial score (nSPS) is 11.6. The van der Waals surface area contributed by atoms with Gasteiger partial charge in [0.2, 0.25) is 10.0 Å². The number of amides is 1. The molecule has 2 heterocycles. The zero-order valence-corrected chi connectivity index (χ0v) is 12.1. The summed E-state index contributed by atoms with van der Waals surface area (Å²) in [6, 6.07) is 1.23. The molecule has 0 radical (unpaired) electrons. The van der Waals surface area contributed by atoms with Crippen molar-refractivity contribution < 1.29 is 13.2 Å². The summed E-state index contributed by atoms with van der Waals surface area (Å²) in [7, 11) is -2.27. The predicted molar refractivity (Wildman–Crippen MR) is 72.8 cm³/mol. The zero-order chi connectivity index (χ0) is 15.1. The smallest absolute Gasteiger partial charge is 0.272 e. The monoisotopic (exact) mass is 297 g/mol. The molecule has 0 aliphatic carbocycles. The van der Waals surface area contributed by atoms with Crippen molar-refractivity contribution in [1.82, 2.24) is 14.8 Å². The maximum Gasteiger partial charge on any atom is 0.272 e. The lowest BCUT2D eigenvalue weighted by atomic mass is 10.3. The molecule has 0 unspecified atom stereocenters. The Morgan fingerprint density at radius 1 is 1.45 bits per heavy atom. The van der Waals surface area contributed by atoms with Gasteiger partial charge in [-0.25, -0.2) is 13.6 Å². The van der Waals surface area contributed by atoms with E-state index in [0.717, 1.165) is 5.69 Å². The van der Waals surface area contributed by atoms with Gasteiger partial charge in [0.25, 0.3) is 5.91 Å². The van der Waals surface area contributed by atoms with Crippen LogP contribution in [0, 0.1) is 13.8 Å². The van der Waals surface area contributed by atoms with Gasteiger partial charge in [0.1, 0.15) is 10.6 Å². The summed E-state index contributed by atoms with van der Waals surface area (Å²) < 4.78 is 23.9. The van der Waals surface area contributed by atoms with Gasteiger partial charge in [0.15, 0.2) is 0 Å². The molecule has 0 aromatic carbocycles. The van der Waals surface area contributed by atoms with E-state index in [1.165, 1.54) is 16.8 Å². The highest BCUT2D eigenvalue weighted by Crippen LogP contribution is 2.18. The van der Waals surface area contributed by atoms with E-state index in [4.69, 9.17) is 5.14 Å². The van der Waals surface area contributed by atoms with E-state index in [1.807, 2.05) is 0 Å². The molecule has 0 fully saturated rings. The van der Waals surface area contributed by atoms with Crippen molar-refractivity contribution in [2.75, 3.05) is 5.32 Å². The van der Waals surface area contributed by atoms with E-state index in [9.17, 15) is 13.2 Å². The Bertz CT molecular complexity index is 753. The number of nitrogens with two attached hydrogens (primary N) is 1. The van der Waals surface area contributed by atoms with Crippen LogP contribution in [0.5, 0.6) is 0 Å². The number of nitrogens with zero attached hydrogens (tertiary/aromatic N) is 2. The third-order valence-corrected chi connectivity index (χ3v) is 3.79. The molecule has 0 saturated heterocycles. The number of hydrogen-bond acceptors (Lipinski definition) is 4. The van der Waals surface area contributed by atoms with Gasteiger partial charge in [-0.2, -0.15) is 5.10 Å². The molecule has 1 amide bonds. The first-order chi connectivity index (χ1) is 9.20. The van der Waals surface area contributed by atoms with Crippen molar-refractivity contribution in [3.8, 4) is 0 Å². The maximum absolute atomic E-state index is 12.2. The predicted octanol–water partition coefficient (Wildman–Crippen LogP) is 0.265. The van der Waals surface area contributed by atoms with Crippen molar-refractivity contribution >= 4 is 21.6 Å². The first kappa shape index (κ1) is 14.3. The number of primary sulfonamides is 1. The minimum Gasteiger partial charge on any atom is -0.345 e. The van der Waals surface area contributed by atoms with Gasteiger partial charge in [-0.1, -0.05) is 0 Å². The Morgan fingerprint density at radius 2 is 2.10 bits per heavy atom. The summed E-state index contributed by atoms with van der Waals surface area (Å²) in [6.45, 7) is 3.52. The van der Waals surface area contributed by atoms with Crippen molar-refractivity contribution in [3.63, 3.8) is 0 Å². The van der Waals surface area contributed by atoms with Crippen LogP contribution in [0.15, 0.2) is 17.2 Å². The molecule has 0 saturated carbocycles. The molecule has 4 N–H and O–H groups in total. The highest BCUT2D eigenvalue weighted by Gasteiger charge is 2.19. The number of aromatic amines is 1. The lowest BCUT2D eigenvalue weighted by molar-refractivity contribution is 0.101. The number of nitrogens with one attached hydrogen (secondary N) is 2. The largest absolute Gasteiger partial charge is 0.345 e. The van der Waals surface area contributed by atoms with Crippen molar-refractivity contribution in [2.24, 2.45) is 12.2 Å². The number of H-pyrrole nitrogens is 1. The molecule has 2 aromatic heterocycles. The number of aromatic nitrogens is 3. The van der Waals surface area contributed by atoms with Crippen molar-refractivity contribution in [1.29, 1.82) is 0 Å². The van der Waals surface area contributed by atoms with Crippen LogP contribution in [0.4, 0.5) is 5.69 Å². The van der Waals surface area contributed by atoms with E-state index < -0.39 is 15.9 Å². The Morgan fingerprint density at radius 3 is 2.55 bits per heavy atom. The summed E-state index contributed by atoms with van der Waals surface area (Å²) in [6.07, 6.45) is 1.29. The molecular weight excluding hydrogens is 282 g/mol. The molecular formula is C11H15N5O3S. The van der Waals surface area contributed by atoms with Gasteiger partial charge in [0.05, 0.1) is 17.1 Å². The quantitative estimate of drug-likeness (QED) is 0.752. The van der Waals surface area contributed by atoms with Gasteiger partial charge in [-0.3, -0.25) is 9.89 Å². The summed E-state index contributed by atoms with van der Waals surface area (Å²) in [4.78, 5) is 12.1. The highest BCUT2D eigenvalue weighted by molar-refractivity contribution is 7.89. The minimum atomic E-state index is -3.84. The number of carbonyl (C=O) groups is 1. The molecule has 0 aliphatic rings. The van der Waals surface area contributed by atoms with Crippen LogP contribution in [0.1, 0.15) is 21.9 Å². The SMILES string of the molecule is Cc1n[nH]c(C)c1NC(=O)c1cc(S(N)(=O)=O)cn1C. The topological polar surface area (TPSA) is 123 Å². The average Bonchev–Trinajstić information content (AvgIpc) is 2.86. The Balaban J connectivity index is 2.33. The van der Waals surface area contributed by atoms with Crippen LogP contribution in [0.3, 0.4) is 0 Å². The first-order valence-corrected chi connectivity index (χ1v) is 7.27. The standard InChI is InChI=1S/C11H15N5O3S/c1-6-10(7(2)15-14-6)13-11(17)9-4-8(5-16(9)3)20(12,18)19/h4-5H,1-3H3,(H,13,17)(H,14,15)(H2,12,18,19). The molecule has 9 heteroatoms. The molecule has 8 nitrogen and oxygen atoms in total. The number of hydrogen-bond donors (Lipinski definition) is 3. The molecule has 0 atom stereocenters. The lowest BCUT2D eigenvalue weighted by Crippen LogP contribution is -2.16. The fraction of sp³-hybridized carbons (Fsp3) is 0.273. The van der Waals surface area contributed by atoms with Gasteiger partial charge in [0, 0.05) is 13.2 Å². The van der Waals surface area contributed by atoms with Crippen LogP contribution in [0.2, 0.25) is 0 Å². The third kappa shape index (κ3) is 2.58. The van der Waals surface area contributed by atoms with Gasteiger partial charge in [-0.15, -0.1) is 0 Å². The Hall–Kier alpha value is -2.13. The second-order valence-corrected chi connectivity index (χ2v) is 6.04. The number of anilines is 1. The molecule has 0 bridgehead atoms. The average molecular weight is 297 g/mol. The fourth-order valence-corrected chi connectivity index (χ4v) is 2.41.